The van der Waals surface area contributed by atoms with E-state index < -0.39 is 5.91 Å². The standard InChI is InChI=1S/C9H10ClNO2/c1-13-9(12)5-6-4-7(10)2-3-8(6)11-9/h2-4,11-12H,5H2,1H3. The van der Waals surface area contributed by atoms with Crippen molar-refractivity contribution in [1.82, 2.24) is 0 Å². The van der Waals surface area contributed by atoms with E-state index in [2.05, 4.69) is 5.32 Å². The van der Waals surface area contributed by atoms with E-state index in [0.717, 1.165) is 11.3 Å². The highest BCUT2D eigenvalue weighted by atomic mass is 35.5. The molecule has 3 nitrogen and oxygen atoms in total. The molecule has 1 aliphatic heterocycles. The van der Waals surface area contributed by atoms with Gasteiger partial charge in [-0.25, -0.2) is 0 Å². The highest BCUT2D eigenvalue weighted by molar-refractivity contribution is 6.30. The number of halogens is 1. The highest BCUT2D eigenvalue weighted by Crippen LogP contribution is 2.32. The Hall–Kier alpha value is -0.770. The second-order valence-corrected chi connectivity index (χ2v) is 3.53. The molecule has 0 aromatic heterocycles. The predicted octanol–water partition coefficient (Wildman–Crippen LogP) is 1.60. The number of aliphatic hydroxyl groups is 1. The largest absolute Gasteiger partial charge is 0.349 e. The van der Waals surface area contributed by atoms with Gasteiger partial charge in [0.05, 0.1) is 0 Å². The average Bonchev–Trinajstić information content (AvgIpc) is 2.42. The molecule has 1 aliphatic rings. The lowest BCUT2D eigenvalue weighted by Crippen LogP contribution is -2.37. The molecule has 0 bridgehead atoms. The molecule has 0 saturated carbocycles. The molecule has 1 aromatic carbocycles. The van der Waals surface area contributed by atoms with E-state index in [0.29, 0.717) is 11.4 Å². The first-order valence-corrected chi connectivity index (χ1v) is 4.35. The van der Waals surface area contributed by atoms with Gasteiger partial charge in [-0.1, -0.05) is 11.6 Å². The van der Waals surface area contributed by atoms with Gasteiger partial charge in [0.2, 0.25) is 0 Å². The fraction of sp³-hybridized carbons (Fsp3) is 0.333. The number of fused-ring (bicyclic) bond motifs is 1. The highest BCUT2D eigenvalue weighted by Gasteiger charge is 2.34. The molecule has 0 aliphatic carbocycles. The van der Waals surface area contributed by atoms with Gasteiger partial charge in [0, 0.05) is 24.2 Å². The van der Waals surface area contributed by atoms with Gasteiger partial charge in [-0.3, -0.25) is 0 Å². The van der Waals surface area contributed by atoms with E-state index in [4.69, 9.17) is 16.3 Å². The second-order valence-electron chi connectivity index (χ2n) is 3.09. The summed E-state index contributed by atoms with van der Waals surface area (Å²) in [6, 6.07) is 5.42. The minimum Gasteiger partial charge on any atom is -0.349 e. The molecule has 2 rings (SSSR count). The van der Waals surface area contributed by atoms with Crippen molar-refractivity contribution in [1.29, 1.82) is 0 Å². The Morgan fingerprint density at radius 1 is 1.62 bits per heavy atom. The lowest BCUT2D eigenvalue weighted by atomic mass is 10.1. The molecule has 1 atom stereocenters. The first-order chi connectivity index (χ1) is 6.13. The van der Waals surface area contributed by atoms with Gasteiger partial charge in [-0.05, 0) is 23.8 Å². The van der Waals surface area contributed by atoms with Crippen LogP contribution in [0.4, 0.5) is 5.69 Å². The van der Waals surface area contributed by atoms with Crippen molar-refractivity contribution < 1.29 is 9.84 Å². The van der Waals surface area contributed by atoms with Gasteiger partial charge >= 0.3 is 0 Å². The number of hydrogen-bond donors (Lipinski definition) is 2. The van der Waals surface area contributed by atoms with Crippen LogP contribution in [-0.4, -0.2) is 18.1 Å². The van der Waals surface area contributed by atoms with Crippen molar-refractivity contribution >= 4 is 17.3 Å². The smallest absolute Gasteiger partial charge is 0.250 e. The summed E-state index contributed by atoms with van der Waals surface area (Å²) in [5.41, 5.74) is 1.84. The Bertz CT molecular complexity index is 342. The Balaban J connectivity index is 2.35. The first-order valence-electron chi connectivity index (χ1n) is 3.97. The van der Waals surface area contributed by atoms with Crippen LogP contribution in [0, 0.1) is 0 Å². The molecule has 0 saturated heterocycles. The summed E-state index contributed by atoms with van der Waals surface area (Å²) in [6.45, 7) is 0. The van der Waals surface area contributed by atoms with Crippen molar-refractivity contribution in [3.63, 3.8) is 0 Å². The molecule has 1 heterocycles. The normalized spacial score (nSPS) is 25.5. The van der Waals surface area contributed by atoms with Crippen LogP contribution in [0.5, 0.6) is 0 Å². The third-order valence-corrected chi connectivity index (χ3v) is 2.40. The van der Waals surface area contributed by atoms with Crippen LogP contribution < -0.4 is 5.32 Å². The van der Waals surface area contributed by atoms with Crippen molar-refractivity contribution in [2.24, 2.45) is 0 Å². The quantitative estimate of drug-likeness (QED) is 0.676. The first kappa shape index (κ1) is 8.81. The van der Waals surface area contributed by atoms with E-state index in [1.165, 1.54) is 7.11 Å². The second kappa shape index (κ2) is 2.87. The molecule has 4 heteroatoms. The van der Waals surface area contributed by atoms with Crippen LogP contribution in [0.3, 0.4) is 0 Å². The number of ether oxygens (including phenoxy) is 1. The summed E-state index contributed by atoms with van der Waals surface area (Å²) >= 11 is 5.81. The Morgan fingerprint density at radius 3 is 3.08 bits per heavy atom. The predicted molar refractivity (Wildman–Crippen MR) is 50.7 cm³/mol. The number of anilines is 1. The zero-order valence-electron chi connectivity index (χ0n) is 7.17. The fourth-order valence-electron chi connectivity index (χ4n) is 1.47. The van der Waals surface area contributed by atoms with Crippen LogP contribution in [0.2, 0.25) is 5.02 Å². The summed E-state index contributed by atoms with van der Waals surface area (Å²) in [7, 11) is 1.46. The summed E-state index contributed by atoms with van der Waals surface area (Å²) < 4.78 is 4.92. The summed E-state index contributed by atoms with van der Waals surface area (Å²) in [6.07, 6.45) is 0.416. The minimum absolute atomic E-state index is 0.416. The number of methoxy groups -OCH3 is 1. The SMILES string of the molecule is COC1(O)Cc2cc(Cl)ccc2N1. The monoisotopic (exact) mass is 199 g/mol. The number of nitrogens with one attached hydrogen (secondary N) is 1. The molecule has 0 spiro atoms. The van der Waals surface area contributed by atoms with Gasteiger partial charge in [0.15, 0.2) is 0 Å². The molecule has 70 valence electrons. The van der Waals surface area contributed by atoms with Crippen molar-refractivity contribution in [3.8, 4) is 0 Å². The molecule has 1 unspecified atom stereocenters. The molecule has 2 N–H and O–H groups in total. The van der Waals surface area contributed by atoms with Crippen LogP contribution in [0.25, 0.3) is 0 Å². The van der Waals surface area contributed by atoms with E-state index in [1.54, 1.807) is 6.07 Å². The third kappa shape index (κ3) is 1.50. The summed E-state index contributed by atoms with van der Waals surface area (Å²) in [5.74, 6) is -1.27. The summed E-state index contributed by atoms with van der Waals surface area (Å²) in [5, 5.41) is 13.3. The fourth-order valence-corrected chi connectivity index (χ4v) is 1.66. The molecule has 0 amide bonds. The maximum atomic E-state index is 9.74. The van der Waals surface area contributed by atoms with Crippen LogP contribution in [-0.2, 0) is 11.2 Å². The molecule has 0 fully saturated rings. The Morgan fingerprint density at radius 2 is 2.38 bits per heavy atom. The Kier molecular flexibility index (Phi) is 1.95. The van der Waals surface area contributed by atoms with Gasteiger partial charge in [-0.2, -0.15) is 0 Å². The van der Waals surface area contributed by atoms with Gasteiger partial charge in [0.1, 0.15) is 0 Å². The minimum atomic E-state index is -1.27. The topological polar surface area (TPSA) is 41.5 Å². The molecular weight excluding hydrogens is 190 g/mol. The molecule has 0 radical (unpaired) electrons. The summed E-state index contributed by atoms with van der Waals surface area (Å²) in [4.78, 5) is 0. The maximum absolute atomic E-state index is 9.74. The number of rotatable bonds is 1. The van der Waals surface area contributed by atoms with Gasteiger partial charge in [0.25, 0.3) is 5.91 Å². The maximum Gasteiger partial charge on any atom is 0.250 e. The van der Waals surface area contributed by atoms with Crippen LogP contribution >= 0.6 is 11.6 Å². The Labute approximate surface area is 81.3 Å². The van der Waals surface area contributed by atoms with Crippen molar-refractivity contribution in [2.45, 2.75) is 12.3 Å². The third-order valence-electron chi connectivity index (χ3n) is 2.17. The van der Waals surface area contributed by atoms with E-state index in [1.807, 2.05) is 12.1 Å². The van der Waals surface area contributed by atoms with Gasteiger partial charge < -0.3 is 15.2 Å². The zero-order chi connectivity index (χ0) is 9.47. The van der Waals surface area contributed by atoms with E-state index in [-0.39, 0.29) is 0 Å². The molecular formula is C9H10ClNO2. The zero-order valence-corrected chi connectivity index (χ0v) is 7.93. The number of benzene rings is 1. The van der Waals surface area contributed by atoms with Crippen molar-refractivity contribution in [3.05, 3.63) is 28.8 Å². The molecule has 1 aromatic rings. The average molecular weight is 200 g/mol. The van der Waals surface area contributed by atoms with Gasteiger partial charge in [-0.15, -0.1) is 0 Å². The lowest BCUT2D eigenvalue weighted by molar-refractivity contribution is -0.155. The van der Waals surface area contributed by atoms with E-state index in [9.17, 15) is 5.11 Å². The lowest BCUT2D eigenvalue weighted by Gasteiger charge is -2.20. The van der Waals surface area contributed by atoms with Crippen LogP contribution in [0.15, 0.2) is 18.2 Å². The molecule has 13 heavy (non-hydrogen) atoms. The number of hydrogen-bond acceptors (Lipinski definition) is 3. The van der Waals surface area contributed by atoms with Crippen LogP contribution in [0.1, 0.15) is 5.56 Å². The van der Waals surface area contributed by atoms with E-state index >= 15 is 0 Å². The van der Waals surface area contributed by atoms with Crippen molar-refractivity contribution in [2.75, 3.05) is 12.4 Å².